The van der Waals surface area contributed by atoms with E-state index in [9.17, 15) is 4.79 Å². The number of hydrogen-bond donors (Lipinski definition) is 1. The predicted octanol–water partition coefficient (Wildman–Crippen LogP) is 2.20. The van der Waals surface area contributed by atoms with Gasteiger partial charge >= 0.3 is 0 Å². The summed E-state index contributed by atoms with van der Waals surface area (Å²) in [6.07, 6.45) is 1.30. The van der Waals surface area contributed by atoms with Gasteiger partial charge in [-0.15, -0.1) is 0 Å². The minimum absolute atomic E-state index is 0.0729. The lowest BCUT2D eigenvalue weighted by Crippen LogP contribution is -2.39. The summed E-state index contributed by atoms with van der Waals surface area (Å²) in [5, 5.41) is 7.88. The Morgan fingerprint density at radius 2 is 1.78 bits per heavy atom. The molecule has 1 aromatic carbocycles. The molecule has 2 saturated heterocycles. The molecule has 2 fully saturated rings. The highest BCUT2D eigenvalue weighted by atomic mass is 16.5. The zero-order valence-electron chi connectivity index (χ0n) is 20.4. The first-order chi connectivity index (χ1) is 15.5. The van der Waals surface area contributed by atoms with E-state index in [2.05, 4.69) is 60.1 Å². The average Bonchev–Trinajstić information content (AvgIpc) is 3.17. The van der Waals surface area contributed by atoms with Crippen molar-refractivity contribution < 1.29 is 14.3 Å². The van der Waals surface area contributed by atoms with Gasteiger partial charge in [-0.25, -0.2) is 10.0 Å². The molecule has 0 aromatic heterocycles. The maximum absolute atomic E-state index is 12.9. The van der Waals surface area contributed by atoms with Crippen molar-refractivity contribution in [1.82, 2.24) is 20.2 Å². The van der Waals surface area contributed by atoms with E-state index in [-0.39, 0.29) is 11.9 Å². The molecule has 3 rings (SSSR count). The van der Waals surface area contributed by atoms with Crippen molar-refractivity contribution in [2.75, 3.05) is 65.6 Å². The monoisotopic (exact) mass is 446 g/mol. The summed E-state index contributed by atoms with van der Waals surface area (Å²) in [5.41, 5.74) is 2.18. The lowest BCUT2D eigenvalue weighted by molar-refractivity contribution is -0.121. The summed E-state index contributed by atoms with van der Waals surface area (Å²) in [6, 6.07) is 6.41. The smallest absolute Gasteiger partial charge is 0.224 e. The fourth-order valence-corrected chi connectivity index (χ4v) is 4.66. The molecule has 0 aliphatic carbocycles. The van der Waals surface area contributed by atoms with Gasteiger partial charge in [0.25, 0.3) is 0 Å². The van der Waals surface area contributed by atoms with Crippen LogP contribution in [0.5, 0.6) is 5.75 Å². The lowest BCUT2D eigenvalue weighted by Gasteiger charge is -2.27. The Balaban J connectivity index is 1.63. The van der Waals surface area contributed by atoms with E-state index in [0.717, 1.165) is 76.8 Å². The van der Waals surface area contributed by atoms with Gasteiger partial charge in [0.2, 0.25) is 5.91 Å². The Bertz CT molecular complexity index is 709. The Morgan fingerprint density at radius 1 is 1.12 bits per heavy atom. The van der Waals surface area contributed by atoms with Crippen LogP contribution in [0.2, 0.25) is 0 Å². The van der Waals surface area contributed by atoms with Crippen LogP contribution in [0, 0.1) is 5.92 Å². The van der Waals surface area contributed by atoms with Crippen LogP contribution < -0.4 is 10.1 Å². The minimum Gasteiger partial charge on any atom is -0.492 e. The quantitative estimate of drug-likeness (QED) is 0.562. The molecule has 180 valence electrons. The van der Waals surface area contributed by atoms with Crippen molar-refractivity contribution in [3.63, 3.8) is 0 Å². The third kappa shape index (κ3) is 7.17. The Morgan fingerprint density at radius 3 is 2.41 bits per heavy atom. The van der Waals surface area contributed by atoms with Crippen molar-refractivity contribution in [3.05, 3.63) is 29.3 Å². The van der Waals surface area contributed by atoms with Gasteiger partial charge in [-0.3, -0.25) is 9.69 Å². The van der Waals surface area contributed by atoms with Crippen LogP contribution >= 0.6 is 0 Å². The van der Waals surface area contributed by atoms with Gasteiger partial charge < -0.3 is 14.8 Å². The summed E-state index contributed by atoms with van der Waals surface area (Å²) < 4.78 is 11.8. The second-order valence-electron chi connectivity index (χ2n) is 9.26. The van der Waals surface area contributed by atoms with Crippen LogP contribution in [-0.4, -0.2) is 92.5 Å². The van der Waals surface area contributed by atoms with Crippen LogP contribution in [0.1, 0.15) is 38.8 Å². The SMILES string of the molecule is CCN1CC(NC(=O)Cc2cccc(CC(C)C)c2OCCN2CCOCC2)CN1CC. The van der Waals surface area contributed by atoms with Gasteiger partial charge in [0, 0.05) is 51.4 Å². The summed E-state index contributed by atoms with van der Waals surface area (Å²) >= 11 is 0. The molecule has 0 radical (unpaired) electrons. The van der Waals surface area contributed by atoms with Crippen molar-refractivity contribution in [2.45, 2.75) is 46.6 Å². The highest BCUT2D eigenvalue weighted by molar-refractivity contribution is 5.80. The number of likely N-dealkylation sites (N-methyl/N-ethyl adjacent to an activating group) is 2. The zero-order chi connectivity index (χ0) is 22.9. The molecule has 2 aliphatic heterocycles. The highest BCUT2D eigenvalue weighted by Gasteiger charge is 2.29. The Kier molecular flexibility index (Phi) is 9.78. The van der Waals surface area contributed by atoms with Gasteiger partial charge in [0.05, 0.1) is 25.7 Å². The highest BCUT2D eigenvalue weighted by Crippen LogP contribution is 2.27. The van der Waals surface area contributed by atoms with Gasteiger partial charge in [0.1, 0.15) is 12.4 Å². The number of hydrogen-bond acceptors (Lipinski definition) is 6. The number of ether oxygens (including phenoxy) is 2. The summed E-state index contributed by atoms with van der Waals surface area (Å²) in [6.45, 7) is 17.5. The second kappa shape index (κ2) is 12.5. The normalized spacial score (nSPS) is 19.0. The van der Waals surface area contributed by atoms with Crippen molar-refractivity contribution in [3.8, 4) is 5.75 Å². The van der Waals surface area contributed by atoms with E-state index in [4.69, 9.17) is 9.47 Å². The molecule has 0 saturated carbocycles. The minimum atomic E-state index is 0.0729. The van der Waals surface area contributed by atoms with Crippen LogP contribution in [0.15, 0.2) is 18.2 Å². The van der Waals surface area contributed by atoms with Gasteiger partial charge in [0.15, 0.2) is 0 Å². The second-order valence-corrected chi connectivity index (χ2v) is 9.26. The third-order valence-electron chi connectivity index (χ3n) is 6.27. The predicted molar refractivity (Wildman–Crippen MR) is 128 cm³/mol. The number of carbonyl (C=O) groups is 1. The lowest BCUT2D eigenvalue weighted by atomic mass is 9.98. The van der Waals surface area contributed by atoms with Crippen molar-refractivity contribution in [2.24, 2.45) is 5.92 Å². The van der Waals surface area contributed by atoms with Crippen molar-refractivity contribution in [1.29, 1.82) is 0 Å². The molecule has 1 aromatic rings. The van der Waals surface area contributed by atoms with Gasteiger partial charge in [-0.1, -0.05) is 45.9 Å². The zero-order valence-corrected chi connectivity index (χ0v) is 20.4. The Labute approximate surface area is 194 Å². The average molecular weight is 447 g/mol. The van der Waals surface area contributed by atoms with Crippen molar-refractivity contribution >= 4 is 5.91 Å². The number of carbonyl (C=O) groups excluding carboxylic acids is 1. The van der Waals surface area contributed by atoms with Crippen LogP contribution in [0.4, 0.5) is 0 Å². The molecule has 0 unspecified atom stereocenters. The number of hydrazine groups is 1. The molecule has 0 atom stereocenters. The van der Waals surface area contributed by atoms with Crippen LogP contribution in [-0.2, 0) is 22.4 Å². The van der Waals surface area contributed by atoms with E-state index in [1.165, 1.54) is 5.56 Å². The van der Waals surface area contributed by atoms with E-state index in [1.54, 1.807) is 0 Å². The molecular weight excluding hydrogens is 404 g/mol. The topological polar surface area (TPSA) is 57.3 Å². The summed E-state index contributed by atoms with van der Waals surface area (Å²) in [7, 11) is 0. The molecular formula is C25H42N4O3. The number of amides is 1. The number of nitrogens with one attached hydrogen (secondary N) is 1. The molecule has 1 amide bonds. The van der Waals surface area contributed by atoms with Gasteiger partial charge in [-0.2, -0.15) is 0 Å². The molecule has 2 aliphatic rings. The number of nitrogens with zero attached hydrogens (tertiary/aromatic N) is 3. The molecule has 1 N–H and O–H groups in total. The molecule has 0 spiro atoms. The van der Waals surface area contributed by atoms with Gasteiger partial charge in [-0.05, 0) is 17.9 Å². The van der Waals surface area contributed by atoms with E-state index >= 15 is 0 Å². The first-order valence-electron chi connectivity index (χ1n) is 12.3. The Hall–Kier alpha value is -1.67. The van der Waals surface area contributed by atoms with E-state index in [0.29, 0.717) is 18.9 Å². The fraction of sp³-hybridized carbons (Fsp3) is 0.720. The molecule has 0 bridgehead atoms. The number of benzene rings is 1. The summed E-state index contributed by atoms with van der Waals surface area (Å²) in [5.74, 6) is 1.50. The summed E-state index contributed by atoms with van der Waals surface area (Å²) in [4.78, 5) is 15.3. The number of morpholine rings is 1. The largest absolute Gasteiger partial charge is 0.492 e. The third-order valence-corrected chi connectivity index (χ3v) is 6.27. The molecule has 32 heavy (non-hydrogen) atoms. The van der Waals surface area contributed by atoms with E-state index in [1.807, 2.05) is 6.07 Å². The molecule has 7 nitrogen and oxygen atoms in total. The first kappa shape index (κ1) is 25.0. The first-order valence-corrected chi connectivity index (χ1v) is 12.3. The van der Waals surface area contributed by atoms with Crippen LogP contribution in [0.3, 0.4) is 0 Å². The maximum atomic E-state index is 12.9. The maximum Gasteiger partial charge on any atom is 0.224 e. The fourth-order valence-electron chi connectivity index (χ4n) is 4.66. The van der Waals surface area contributed by atoms with Crippen LogP contribution in [0.25, 0.3) is 0 Å². The van der Waals surface area contributed by atoms with E-state index < -0.39 is 0 Å². The molecule has 2 heterocycles. The number of rotatable bonds is 11. The molecule has 7 heteroatoms. The number of para-hydroxylation sites is 1. The standard InChI is InChI=1S/C25H42N4O3/c1-5-28-18-23(19-29(28)6-2)26-24(30)17-22-9-7-8-21(16-20(3)4)25(22)32-15-12-27-10-13-31-14-11-27/h7-9,20,23H,5-6,10-19H2,1-4H3,(H,26,30).